The lowest BCUT2D eigenvalue weighted by atomic mass is 10.0. The number of nitrogens with one attached hydrogen (secondary N) is 1. The maximum absolute atomic E-state index is 14.7. The van der Waals surface area contributed by atoms with Crippen molar-refractivity contribution >= 4 is 27.5 Å². The fraction of sp³-hybridized carbons (Fsp3) is 0.316. The van der Waals surface area contributed by atoms with Gasteiger partial charge in [-0.25, -0.2) is 8.42 Å². The van der Waals surface area contributed by atoms with Crippen LogP contribution in [-0.2, 0) is 32.6 Å². The highest BCUT2D eigenvalue weighted by atomic mass is 32.2. The minimum Gasteiger partial charge on any atom is -0.495 e. The van der Waals surface area contributed by atoms with Crippen LogP contribution in [0.2, 0.25) is 0 Å². The summed E-state index contributed by atoms with van der Waals surface area (Å²) >= 11 is 0. The quantitative estimate of drug-likeness (QED) is 0.191. The zero-order valence-electron chi connectivity index (χ0n) is 28.3. The number of carbonyl (C=O) groups excluding carboxylic acids is 2. The number of methoxy groups -OCH3 is 1. The number of benzene rings is 4. The molecule has 0 spiro atoms. The van der Waals surface area contributed by atoms with Gasteiger partial charge in [-0.05, 0) is 82.5 Å². The highest BCUT2D eigenvalue weighted by Crippen LogP contribution is 2.34. The Morgan fingerprint density at radius 1 is 0.787 bits per heavy atom. The molecule has 8 nitrogen and oxygen atoms in total. The Bertz CT molecular complexity index is 1800. The number of nitrogens with zero attached hydrogens (tertiary/aromatic N) is 2. The number of sulfonamides is 1. The Labute approximate surface area is 279 Å². The van der Waals surface area contributed by atoms with E-state index in [0.717, 1.165) is 32.1 Å². The van der Waals surface area contributed by atoms with Gasteiger partial charge in [0.25, 0.3) is 10.0 Å². The van der Waals surface area contributed by atoms with Gasteiger partial charge in [-0.15, -0.1) is 0 Å². The molecule has 0 fully saturated rings. The average Bonchev–Trinajstić information content (AvgIpc) is 3.01. The number of ether oxygens (including phenoxy) is 1. The highest BCUT2D eigenvalue weighted by Gasteiger charge is 2.36. The first kappa shape index (κ1) is 35.2. The molecule has 0 aliphatic rings. The molecule has 0 aliphatic heterocycles. The second-order valence-electron chi connectivity index (χ2n) is 13.0. The minimum absolute atomic E-state index is 0.0380. The van der Waals surface area contributed by atoms with E-state index in [4.69, 9.17) is 4.74 Å². The van der Waals surface area contributed by atoms with E-state index in [1.807, 2.05) is 102 Å². The number of aryl methyl sites for hydroxylation is 3. The molecule has 0 heterocycles. The van der Waals surface area contributed by atoms with Crippen molar-refractivity contribution in [3.63, 3.8) is 0 Å². The monoisotopic (exact) mass is 655 g/mol. The van der Waals surface area contributed by atoms with Gasteiger partial charge in [0.1, 0.15) is 18.3 Å². The van der Waals surface area contributed by atoms with Crippen LogP contribution in [0.3, 0.4) is 0 Å². The fourth-order valence-corrected chi connectivity index (χ4v) is 6.78. The summed E-state index contributed by atoms with van der Waals surface area (Å²) in [4.78, 5) is 30.3. The Morgan fingerprint density at radius 3 is 2.02 bits per heavy atom. The zero-order valence-corrected chi connectivity index (χ0v) is 29.1. The summed E-state index contributed by atoms with van der Waals surface area (Å²) in [5.74, 6) is -0.560. The van der Waals surface area contributed by atoms with E-state index in [1.165, 1.54) is 24.1 Å². The van der Waals surface area contributed by atoms with Crippen molar-refractivity contribution in [3.8, 4) is 5.75 Å². The Morgan fingerprint density at radius 2 is 1.40 bits per heavy atom. The standard InChI is InChI=1S/C38H45N3O5S/c1-27-16-19-32(20-17-27)47(44,45)41(33-23-29(3)18-21-35(33)46-7)26-36(42)40(25-31-15-11-12-28(2)22-31)34(37(43)39-38(4,5)6)24-30-13-9-8-10-14-30/h8-23,34H,24-26H2,1-7H3,(H,39,43). The molecule has 0 saturated heterocycles. The van der Waals surface area contributed by atoms with Crippen LogP contribution in [-0.4, -0.2) is 50.4 Å². The van der Waals surface area contributed by atoms with Gasteiger partial charge in [0.05, 0.1) is 17.7 Å². The van der Waals surface area contributed by atoms with Gasteiger partial charge in [-0.2, -0.15) is 0 Å². The van der Waals surface area contributed by atoms with E-state index in [0.29, 0.717) is 5.75 Å². The summed E-state index contributed by atoms with van der Waals surface area (Å²) < 4.78 is 35.5. The first-order chi connectivity index (χ1) is 22.2. The van der Waals surface area contributed by atoms with Crippen LogP contribution in [0.1, 0.15) is 48.6 Å². The van der Waals surface area contributed by atoms with Crippen LogP contribution < -0.4 is 14.4 Å². The van der Waals surface area contributed by atoms with Crippen LogP contribution in [0.25, 0.3) is 0 Å². The summed E-state index contributed by atoms with van der Waals surface area (Å²) in [6, 6.07) is 28.0. The van der Waals surface area contributed by atoms with E-state index >= 15 is 0 Å². The van der Waals surface area contributed by atoms with Crippen molar-refractivity contribution in [3.05, 3.63) is 125 Å². The lowest BCUT2D eigenvalue weighted by molar-refractivity contribution is -0.140. The molecular weight excluding hydrogens is 611 g/mol. The van der Waals surface area contributed by atoms with Crippen molar-refractivity contribution in [2.75, 3.05) is 18.0 Å². The SMILES string of the molecule is COc1ccc(C)cc1N(CC(=O)N(Cc1cccc(C)c1)C(Cc1ccccc1)C(=O)NC(C)(C)C)S(=O)(=O)c1ccc(C)cc1. The molecule has 4 aromatic rings. The molecule has 1 atom stereocenters. The lowest BCUT2D eigenvalue weighted by Crippen LogP contribution is -2.56. The van der Waals surface area contributed by atoms with Gasteiger partial charge in [0, 0.05) is 18.5 Å². The minimum atomic E-state index is -4.26. The van der Waals surface area contributed by atoms with Gasteiger partial charge in [-0.1, -0.05) is 83.9 Å². The van der Waals surface area contributed by atoms with E-state index in [2.05, 4.69) is 5.32 Å². The molecule has 248 valence electrons. The third-order valence-corrected chi connectivity index (χ3v) is 9.47. The number of hydrogen-bond donors (Lipinski definition) is 1. The lowest BCUT2D eigenvalue weighted by Gasteiger charge is -2.35. The number of rotatable bonds is 12. The number of hydrogen-bond acceptors (Lipinski definition) is 5. The van der Waals surface area contributed by atoms with Crippen LogP contribution in [0.15, 0.2) is 102 Å². The summed E-state index contributed by atoms with van der Waals surface area (Å²) in [5, 5.41) is 3.06. The molecule has 0 radical (unpaired) electrons. The highest BCUT2D eigenvalue weighted by molar-refractivity contribution is 7.92. The summed E-state index contributed by atoms with van der Waals surface area (Å²) in [5.41, 5.74) is 4.05. The predicted molar refractivity (Wildman–Crippen MR) is 187 cm³/mol. The number of carbonyl (C=O) groups is 2. The molecule has 2 amide bonds. The van der Waals surface area contributed by atoms with E-state index in [9.17, 15) is 18.0 Å². The van der Waals surface area contributed by atoms with Gasteiger partial charge >= 0.3 is 0 Å². The predicted octanol–water partition coefficient (Wildman–Crippen LogP) is 6.37. The number of anilines is 1. The maximum Gasteiger partial charge on any atom is 0.264 e. The summed E-state index contributed by atoms with van der Waals surface area (Å²) in [6.45, 7) is 10.9. The van der Waals surface area contributed by atoms with Gasteiger partial charge in [0.15, 0.2) is 0 Å². The molecule has 1 unspecified atom stereocenters. The Balaban J connectivity index is 1.87. The zero-order chi connectivity index (χ0) is 34.4. The molecule has 1 N–H and O–H groups in total. The van der Waals surface area contributed by atoms with Crippen molar-refractivity contribution in [1.29, 1.82) is 0 Å². The molecule has 0 aromatic heterocycles. The molecule has 0 aliphatic carbocycles. The molecular formula is C38H45N3O5S. The molecule has 0 bridgehead atoms. The fourth-order valence-electron chi connectivity index (χ4n) is 5.36. The van der Waals surface area contributed by atoms with Gasteiger partial charge in [0.2, 0.25) is 11.8 Å². The first-order valence-corrected chi connectivity index (χ1v) is 17.1. The smallest absolute Gasteiger partial charge is 0.264 e. The van der Waals surface area contributed by atoms with Crippen molar-refractivity contribution < 1.29 is 22.7 Å². The van der Waals surface area contributed by atoms with Gasteiger partial charge < -0.3 is 15.0 Å². The third-order valence-electron chi connectivity index (χ3n) is 7.70. The average molecular weight is 656 g/mol. The van der Waals surface area contributed by atoms with Crippen molar-refractivity contribution in [2.45, 2.75) is 71.0 Å². The van der Waals surface area contributed by atoms with E-state index in [1.54, 1.807) is 24.3 Å². The summed E-state index contributed by atoms with van der Waals surface area (Å²) in [7, 11) is -2.80. The second-order valence-corrected chi connectivity index (χ2v) is 14.8. The van der Waals surface area contributed by atoms with Crippen LogP contribution >= 0.6 is 0 Å². The van der Waals surface area contributed by atoms with Crippen LogP contribution in [0.4, 0.5) is 5.69 Å². The van der Waals surface area contributed by atoms with Crippen molar-refractivity contribution in [1.82, 2.24) is 10.2 Å². The van der Waals surface area contributed by atoms with E-state index < -0.39 is 34.1 Å². The van der Waals surface area contributed by atoms with E-state index in [-0.39, 0.29) is 29.5 Å². The van der Waals surface area contributed by atoms with Gasteiger partial charge in [-0.3, -0.25) is 13.9 Å². The Kier molecular flexibility index (Phi) is 11.1. The third kappa shape index (κ3) is 9.23. The Hall–Kier alpha value is -4.63. The normalized spacial score (nSPS) is 12.2. The van der Waals surface area contributed by atoms with Crippen LogP contribution in [0.5, 0.6) is 5.75 Å². The topological polar surface area (TPSA) is 96.0 Å². The number of amides is 2. The molecule has 4 rings (SSSR count). The summed E-state index contributed by atoms with van der Waals surface area (Å²) in [6.07, 6.45) is 0.235. The molecule has 4 aromatic carbocycles. The maximum atomic E-state index is 14.7. The molecule has 0 saturated carbocycles. The largest absolute Gasteiger partial charge is 0.495 e. The molecule has 47 heavy (non-hydrogen) atoms. The second kappa shape index (κ2) is 14.9. The first-order valence-electron chi connectivity index (χ1n) is 15.6. The van der Waals surface area contributed by atoms with Crippen LogP contribution in [0, 0.1) is 20.8 Å². The van der Waals surface area contributed by atoms with Crippen molar-refractivity contribution in [2.24, 2.45) is 0 Å². The molecule has 9 heteroatoms.